The summed E-state index contributed by atoms with van der Waals surface area (Å²) in [5.74, 6) is -0.839. The summed E-state index contributed by atoms with van der Waals surface area (Å²) in [6.45, 7) is 13.0. The third-order valence-electron chi connectivity index (χ3n) is 9.36. The van der Waals surface area contributed by atoms with Gasteiger partial charge in [0.2, 0.25) is 17.6 Å². The molecule has 1 aromatic carbocycles. The maximum atomic E-state index is 14.5. The predicted molar refractivity (Wildman–Crippen MR) is 200 cm³/mol. The SMILES string of the molecule is CCC[C@H](NC(=O)[C@@H]1C[C@@H](Oc2cc(C3CC3)nc3cc(OC)ccc23)CN1C(=O)[C@@H](NC(=O)NC(C)(C)C)C(C)(C)C)C(=O)C(=O)NC1CC1.Cl. The number of rotatable bonds is 13. The highest BCUT2D eigenvalue weighted by Gasteiger charge is 2.47. The molecule has 4 N–H and O–H groups in total. The fourth-order valence-corrected chi connectivity index (χ4v) is 6.35. The Morgan fingerprint density at radius 1 is 0.981 bits per heavy atom. The van der Waals surface area contributed by atoms with Crippen LogP contribution in [0.1, 0.15) is 105 Å². The van der Waals surface area contributed by atoms with Gasteiger partial charge in [0.25, 0.3) is 5.91 Å². The Labute approximate surface area is 312 Å². The van der Waals surface area contributed by atoms with Gasteiger partial charge in [0, 0.05) is 47.1 Å². The average molecular weight is 743 g/mol. The number of halogens is 1. The van der Waals surface area contributed by atoms with Crippen LogP contribution in [0.3, 0.4) is 0 Å². The number of nitrogens with zero attached hydrogens (tertiary/aromatic N) is 2. The van der Waals surface area contributed by atoms with Gasteiger partial charge >= 0.3 is 6.03 Å². The Hall–Kier alpha value is -4.13. The Kier molecular flexibility index (Phi) is 12.7. The quantitative estimate of drug-likeness (QED) is 0.217. The second kappa shape index (κ2) is 16.3. The average Bonchev–Trinajstić information content (AvgIpc) is 3.99. The number of hydrogen-bond donors (Lipinski definition) is 4. The van der Waals surface area contributed by atoms with Crippen LogP contribution in [0.25, 0.3) is 10.9 Å². The highest BCUT2D eigenvalue weighted by molar-refractivity contribution is 6.38. The molecule has 5 rings (SSSR count). The number of benzene rings is 1. The van der Waals surface area contributed by atoms with Crippen LogP contribution < -0.4 is 30.7 Å². The maximum absolute atomic E-state index is 14.5. The van der Waals surface area contributed by atoms with Crippen molar-refractivity contribution in [1.82, 2.24) is 31.2 Å². The van der Waals surface area contributed by atoms with E-state index < -0.39 is 64.7 Å². The number of carbonyl (C=O) groups excluding carboxylic acids is 5. The molecule has 0 spiro atoms. The van der Waals surface area contributed by atoms with Crippen LogP contribution >= 0.6 is 12.4 Å². The smallest absolute Gasteiger partial charge is 0.315 e. The number of Topliss-reactive ketones (excluding diaryl/α,β-unsaturated/α-hetero) is 1. The summed E-state index contributed by atoms with van der Waals surface area (Å²) in [7, 11) is 1.60. The monoisotopic (exact) mass is 742 g/mol. The molecular weight excluding hydrogens is 688 g/mol. The normalized spacial score (nSPS) is 19.9. The van der Waals surface area contributed by atoms with Crippen LogP contribution in [0.15, 0.2) is 24.3 Å². The number of amides is 5. The zero-order chi connectivity index (χ0) is 37.2. The lowest BCUT2D eigenvalue weighted by Gasteiger charge is -2.36. The van der Waals surface area contributed by atoms with Crippen LogP contribution in [0, 0.1) is 5.41 Å². The number of nitrogens with one attached hydrogen (secondary N) is 4. The first kappa shape index (κ1) is 40.6. The van der Waals surface area contributed by atoms with Crippen LogP contribution in [0.2, 0.25) is 0 Å². The summed E-state index contributed by atoms with van der Waals surface area (Å²) < 4.78 is 12.1. The lowest BCUT2D eigenvalue weighted by Crippen LogP contribution is -2.61. The Balaban J connectivity index is 0.00000605. The molecule has 2 saturated carbocycles. The summed E-state index contributed by atoms with van der Waals surface area (Å²) >= 11 is 0. The van der Waals surface area contributed by atoms with Crippen molar-refractivity contribution in [3.05, 3.63) is 30.0 Å². The van der Waals surface area contributed by atoms with E-state index in [0.29, 0.717) is 23.8 Å². The number of ketones is 1. The first-order valence-electron chi connectivity index (χ1n) is 18.2. The number of fused-ring (bicyclic) bond motifs is 1. The minimum absolute atomic E-state index is 0. The van der Waals surface area contributed by atoms with Crippen molar-refractivity contribution in [3.8, 4) is 11.5 Å². The molecule has 52 heavy (non-hydrogen) atoms. The van der Waals surface area contributed by atoms with Gasteiger partial charge in [-0.2, -0.15) is 0 Å². The van der Waals surface area contributed by atoms with Gasteiger partial charge in [-0.25, -0.2) is 4.79 Å². The fourth-order valence-electron chi connectivity index (χ4n) is 6.35. The molecule has 2 aromatic rings. The standard InChI is InChI=1S/C38H54N6O7.ClH/c1-9-10-26(31(45)34(47)39-22-13-14-22)41-33(46)29-18-24(20-44(29)35(48)32(37(2,3)4)42-36(49)43-38(5,6)7)51-30-19-27(21-11-12-21)40-28-17-23(50-8)15-16-25(28)30;/h15-17,19,21-22,24,26,29,32H,9-14,18,20H2,1-8H3,(H,39,47)(H,41,46)(H2,42,43,49);1H/t24-,26+,29+,32-;/m1./s1. The Morgan fingerprint density at radius 2 is 1.67 bits per heavy atom. The largest absolute Gasteiger partial charge is 0.497 e. The van der Waals surface area contributed by atoms with Crippen molar-refractivity contribution in [2.45, 2.75) is 135 Å². The zero-order valence-electron chi connectivity index (χ0n) is 31.6. The van der Waals surface area contributed by atoms with Gasteiger partial charge in [-0.3, -0.25) is 24.2 Å². The second-order valence-corrected chi connectivity index (χ2v) is 16.3. The lowest BCUT2D eigenvalue weighted by atomic mass is 9.85. The van der Waals surface area contributed by atoms with E-state index in [2.05, 4.69) is 21.3 Å². The molecule has 2 aliphatic carbocycles. The molecule has 286 valence electrons. The summed E-state index contributed by atoms with van der Waals surface area (Å²) in [6, 6.07) is 3.92. The first-order chi connectivity index (χ1) is 24.0. The van der Waals surface area contributed by atoms with E-state index in [9.17, 15) is 24.0 Å². The van der Waals surface area contributed by atoms with Gasteiger partial charge in [-0.1, -0.05) is 34.1 Å². The molecule has 0 unspecified atom stereocenters. The van der Waals surface area contributed by atoms with E-state index in [1.807, 2.05) is 72.7 Å². The summed E-state index contributed by atoms with van der Waals surface area (Å²) in [4.78, 5) is 74.0. The fraction of sp³-hybridized carbons (Fsp3) is 0.632. The maximum Gasteiger partial charge on any atom is 0.315 e. The zero-order valence-corrected chi connectivity index (χ0v) is 32.4. The molecule has 2 heterocycles. The highest BCUT2D eigenvalue weighted by Crippen LogP contribution is 2.42. The summed E-state index contributed by atoms with van der Waals surface area (Å²) in [6.07, 6.45) is 4.06. The van der Waals surface area contributed by atoms with Gasteiger partial charge in [0.15, 0.2) is 0 Å². The Bertz CT molecular complexity index is 1660. The highest BCUT2D eigenvalue weighted by atomic mass is 35.5. The van der Waals surface area contributed by atoms with Gasteiger partial charge in [-0.05, 0) is 70.4 Å². The Morgan fingerprint density at radius 3 is 2.25 bits per heavy atom. The van der Waals surface area contributed by atoms with Crippen LogP contribution in [0.5, 0.6) is 11.5 Å². The van der Waals surface area contributed by atoms with E-state index in [-0.39, 0.29) is 37.8 Å². The van der Waals surface area contributed by atoms with Gasteiger partial charge in [0.1, 0.15) is 29.7 Å². The minimum atomic E-state index is -1.05. The number of pyridine rings is 1. The van der Waals surface area contributed by atoms with Crippen molar-refractivity contribution in [1.29, 1.82) is 0 Å². The molecule has 3 aliphatic rings. The van der Waals surface area contributed by atoms with Crippen molar-refractivity contribution >= 4 is 52.8 Å². The summed E-state index contributed by atoms with van der Waals surface area (Å²) in [5.41, 5.74) is 0.362. The molecule has 0 radical (unpaired) electrons. The van der Waals surface area contributed by atoms with E-state index in [4.69, 9.17) is 14.5 Å². The molecule has 3 fully saturated rings. The number of aromatic nitrogens is 1. The molecule has 5 amide bonds. The third-order valence-corrected chi connectivity index (χ3v) is 9.36. The number of hydrogen-bond acceptors (Lipinski definition) is 8. The minimum Gasteiger partial charge on any atom is -0.497 e. The molecule has 1 saturated heterocycles. The van der Waals surface area contributed by atoms with Crippen LogP contribution in [0.4, 0.5) is 4.79 Å². The lowest BCUT2D eigenvalue weighted by molar-refractivity contribution is -0.144. The van der Waals surface area contributed by atoms with Crippen molar-refractivity contribution in [3.63, 3.8) is 0 Å². The topological polar surface area (TPSA) is 168 Å². The molecule has 14 heteroatoms. The molecule has 4 atom stereocenters. The van der Waals surface area contributed by atoms with Crippen LogP contribution in [-0.2, 0) is 19.2 Å². The van der Waals surface area contributed by atoms with Crippen molar-refractivity contribution in [2.75, 3.05) is 13.7 Å². The number of methoxy groups -OCH3 is 1. The number of likely N-dealkylation sites (tertiary alicyclic amines) is 1. The first-order valence-corrected chi connectivity index (χ1v) is 18.2. The van der Waals surface area contributed by atoms with Crippen molar-refractivity contribution in [2.24, 2.45) is 5.41 Å². The predicted octanol–water partition coefficient (Wildman–Crippen LogP) is 4.54. The van der Waals surface area contributed by atoms with E-state index in [0.717, 1.165) is 42.3 Å². The number of carbonyl (C=O) groups is 5. The number of ether oxygens (including phenoxy) is 2. The molecule has 1 aromatic heterocycles. The van der Waals surface area contributed by atoms with Gasteiger partial charge < -0.3 is 35.6 Å². The molecule has 1 aliphatic heterocycles. The van der Waals surface area contributed by atoms with E-state index in [1.165, 1.54) is 4.90 Å². The van der Waals surface area contributed by atoms with Gasteiger partial charge in [-0.15, -0.1) is 12.4 Å². The molecular formula is C38H55ClN6O7. The van der Waals surface area contributed by atoms with Crippen molar-refractivity contribution < 1.29 is 33.4 Å². The second-order valence-electron chi connectivity index (χ2n) is 16.3. The third kappa shape index (κ3) is 10.3. The van der Waals surface area contributed by atoms with E-state index >= 15 is 0 Å². The van der Waals surface area contributed by atoms with E-state index in [1.54, 1.807) is 7.11 Å². The molecule has 13 nitrogen and oxygen atoms in total. The summed E-state index contributed by atoms with van der Waals surface area (Å²) in [5, 5.41) is 12.0. The molecule has 0 bridgehead atoms. The van der Waals surface area contributed by atoms with Crippen LogP contribution in [-0.4, -0.2) is 88.9 Å². The van der Waals surface area contributed by atoms with Gasteiger partial charge in [0.05, 0.1) is 25.2 Å². The number of urea groups is 1.